The third kappa shape index (κ3) is 4.37. The van der Waals surface area contributed by atoms with Gasteiger partial charge in [-0.25, -0.2) is 9.97 Å². The van der Waals surface area contributed by atoms with Gasteiger partial charge in [0.1, 0.15) is 12.1 Å². The molecule has 0 amide bonds. The fourth-order valence-corrected chi connectivity index (χ4v) is 2.97. The van der Waals surface area contributed by atoms with Crippen molar-refractivity contribution in [2.45, 2.75) is 18.8 Å². The van der Waals surface area contributed by atoms with Gasteiger partial charge < -0.3 is 15.4 Å². The average Bonchev–Trinajstić information content (AvgIpc) is 3.13. The lowest BCUT2D eigenvalue weighted by atomic mass is 10.2. The normalized spacial score (nSPS) is 17.8. The molecule has 0 bridgehead atoms. The molecule has 1 atom stereocenters. The van der Waals surface area contributed by atoms with Crippen molar-refractivity contribution in [3.05, 3.63) is 30.9 Å². The van der Waals surface area contributed by atoms with Gasteiger partial charge in [-0.05, 0) is 6.07 Å². The third-order valence-corrected chi connectivity index (χ3v) is 4.23. The number of aromatic nitrogens is 5. The van der Waals surface area contributed by atoms with Gasteiger partial charge in [0, 0.05) is 43.8 Å². The number of anilines is 1. The van der Waals surface area contributed by atoms with Crippen LogP contribution in [0.5, 0.6) is 0 Å². The van der Waals surface area contributed by atoms with Crippen LogP contribution in [0.1, 0.15) is 0 Å². The van der Waals surface area contributed by atoms with Gasteiger partial charge in [0.25, 0.3) is 0 Å². The lowest BCUT2D eigenvalue weighted by Gasteiger charge is -2.24. The predicted molar refractivity (Wildman–Crippen MR) is 95.7 cm³/mol. The van der Waals surface area contributed by atoms with Crippen molar-refractivity contribution in [3.63, 3.8) is 0 Å². The fourth-order valence-electron chi connectivity index (χ4n) is 2.97. The summed E-state index contributed by atoms with van der Waals surface area (Å²) in [5.41, 5.74) is 2.10. The van der Waals surface area contributed by atoms with Crippen LogP contribution in [0.4, 0.5) is 19.0 Å². The first-order chi connectivity index (χ1) is 13.5. The molecule has 1 aliphatic heterocycles. The van der Waals surface area contributed by atoms with Crippen LogP contribution in [-0.2, 0) is 11.3 Å². The summed E-state index contributed by atoms with van der Waals surface area (Å²) in [5.74, 6) is 0.498. The van der Waals surface area contributed by atoms with E-state index in [-0.39, 0.29) is 6.10 Å². The van der Waals surface area contributed by atoms with Crippen molar-refractivity contribution < 1.29 is 17.9 Å². The zero-order valence-electron chi connectivity index (χ0n) is 14.8. The molecule has 0 radical (unpaired) electrons. The number of pyridine rings is 1. The first-order valence-corrected chi connectivity index (χ1v) is 8.75. The predicted octanol–water partition coefficient (Wildman–Crippen LogP) is 1.85. The molecule has 8 nitrogen and oxygen atoms in total. The zero-order valence-corrected chi connectivity index (χ0v) is 14.8. The zero-order chi connectivity index (χ0) is 19.6. The number of rotatable bonds is 5. The quantitative estimate of drug-likeness (QED) is 0.684. The molecule has 0 aromatic carbocycles. The molecule has 1 fully saturated rings. The molecule has 4 rings (SSSR count). The van der Waals surface area contributed by atoms with E-state index in [9.17, 15) is 13.2 Å². The van der Waals surface area contributed by atoms with Crippen LogP contribution < -0.4 is 10.6 Å². The minimum absolute atomic E-state index is 0.0135. The summed E-state index contributed by atoms with van der Waals surface area (Å²) >= 11 is 0. The standard InChI is InChI=1S/C17H18F3N7O/c18-17(19,20)10-27-9-11(6-25-27)13-5-14-15(23-2-1-22-14)16(26-13)24-8-12-7-21-3-4-28-12/h1-2,5-6,9,12,21H,3-4,7-8,10H2,(H,24,26)/t12-/m0/s1. The highest BCUT2D eigenvalue weighted by atomic mass is 19.4. The Hall–Kier alpha value is -2.79. The minimum atomic E-state index is -4.34. The van der Waals surface area contributed by atoms with Crippen molar-refractivity contribution in [1.82, 2.24) is 30.0 Å². The highest BCUT2D eigenvalue weighted by Gasteiger charge is 2.28. The molecule has 1 aliphatic rings. The van der Waals surface area contributed by atoms with Gasteiger partial charge in [0.2, 0.25) is 0 Å². The van der Waals surface area contributed by atoms with Crippen LogP contribution >= 0.6 is 0 Å². The minimum Gasteiger partial charge on any atom is -0.374 e. The van der Waals surface area contributed by atoms with Crippen molar-refractivity contribution in [3.8, 4) is 11.3 Å². The Morgan fingerprint density at radius 3 is 2.93 bits per heavy atom. The summed E-state index contributed by atoms with van der Waals surface area (Å²) in [7, 11) is 0. The summed E-state index contributed by atoms with van der Waals surface area (Å²) in [4.78, 5) is 13.2. The number of nitrogens with zero attached hydrogens (tertiary/aromatic N) is 5. The smallest absolute Gasteiger partial charge is 0.374 e. The maximum Gasteiger partial charge on any atom is 0.408 e. The van der Waals surface area contributed by atoms with Crippen molar-refractivity contribution in [2.24, 2.45) is 0 Å². The van der Waals surface area contributed by atoms with Crippen LogP contribution in [0.3, 0.4) is 0 Å². The number of hydrogen-bond donors (Lipinski definition) is 2. The number of hydrogen-bond acceptors (Lipinski definition) is 7. The maximum atomic E-state index is 12.6. The number of fused-ring (bicyclic) bond motifs is 1. The molecule has 0 spiro atoms. The van der Waals surface area contributed by atoms with Gasteiger partial charge in [-0.15, -0.1) is 0 Å². The molecule has 3 aromatic heterocycles. The van der Waals surface area contributed by atoms with E-state index in [1.165, 1.54) is 12.4 Å². The van der Waals surface area contributed by atoms with Gasteiger partial charge in [-0.1, -0.05) is 0 Å². The summed E-state index contributed by atoms with van der Waals surface area (Å²) in [6, 6.07) is 1.68. The molecule has 3 aromatic rings. The van der Waals surface area contributed by atoms with E-state index in [1.54, 1.807) is 18.5 Å². The van der Waals surface area contributed by atoms with E-state index in [0.29, 0.717) is 41.3 Å². The Bertz CT molecular complexity index is 953. The molecule has 11 heteroatoms. The SMILES string of the molecule is FC(F)(F)Cn1cc(-c2cc3nccnc3c(NC[C@@H]3CNCCO3)n2)cn1. The van der Waals surface area contributed by atoms with E-state index >= 15 is 0 Å². The topological polar surface area (TPSA) is 89.8 Å². The highest BCUT2D eigenvalue weighted by Crippen LogP contribution is 2.26. The maximum absolute atomic E-state index is 12.6. The number of halogens is 3. The number of morpholine rings is 1. The Balaban J connectivity index is 1.62. The Labute approximate surface area is 158 Å². The molecule has 148 valence electrons. The first-order valence-electron chi connectivity index (χ1n) is 8.75. The lowest BCUT2D eigenvalue weighted by molar-refractivity contribution is -0.142. The highest BCUT2D eigenvalue weighted by molar-refractivity contribution is 5.88. The van der Waals surface area contributed by atoms with Crippen LogP contribution in [-0.4, -0.2) is 63.3 Å². The Morgan fingerprint density at radius 2 is 2.14 bits per heavy atom. The molecule has 0 unspecified atom stereocenters. The average molecular weight is 393 g/mol. The second-order valence-electron chi connectivity index (χ2n) is 6.40. The molecule has 1 saturated heterocycles. The molecular formula is C17H18F3N7O. The second kappa shape index (κ2) is 7.68. The Kier molecular flexibility index (Phi) is 5.09. The Morgan fingerprint density at radius 1 is 1.29 bits per heavy atom. The van der Waals surface area contributed by atoms with Gasteiger partial charge in [0.05, 0.1) is 30.1 Å². The summed E-state index contributed by atoms with van der Waals surface area (Å²) < 4.78 is 44.3. The van der Waals surface area contributed by atoms with Gasteiger partial charge in [-0.2, -0.15) is 18.3 Å². The summed E-state index contributed by atoms with van der Waals surface area (Å²) in [6.07, 6.45) is 1.43. The van der Waals surface area contributed by atoms with Gasteiger partial charge in [0.15, 0.2) is 5.82 Å². The third-order valence-electron chi connectivity index (χ3n) is 4.23. The molecule has 4 heterocycles. The van der Waals surface area contributed by atoms with Gasteiger partial charge in [-0.3, -0.25) is 9.67 Å². The largest absolute Gasteiger partial charge is 0.408 e. The summed E-state index contributed by atoms with van der Waals surface area (Å²) in [6.45, 7) is 1.54. The van der Waals surface area contributed by atoms with E-state index in [1.807, 2.05) is 0 Å². The summed E-state index contributed by atoms with van der Waals surface area (Å²) in [5, 5.41) is 10.3. The van der Waals surface area contributed by atoms with Crippen molar-refractivity contribution in [1.29, 1.82) is 0 Å². The van der Waals surface area contributed by atoms with Crippen LogP contribution in [0.15, 0.2) is 30.9 Å². The van der Waals surface area contributed by atoms with Crippen LogP contribution in [0.25, 0.3) is 22.3 Å². The number of nitrogens with one attached hydrogen (secondary N) is 2. The van der Waals surface area contributed by atoms with Crippen LogP contribution in [0.2, 0.25) is 0 Å². The first kappa shape index (κ1) is 18.6. The van der Waals surface area contributed by atoms with Crippen molar-refractivity contribution in [2.75, 3.05) is 31.6 Å². The fraction of sp³-hybridized carbons (Fsp3) is 0.412. The second-order valence-corrected chi connectivity index (χ2v) is 6.40. The molecular weight excluding hydrogens is 375 g/mol. The van der Waals surface area contributed by atoms with Crippen molar-refractivity contribution >= 4 is 16.9 Å². The van der Waals surface area contributed by atoms with E-state index < -0.39 is 12.7 Å². The molecule has 28 heavy (non-hydrogen) atoms. The van der Waals surface area contributed by atoms with Crippen LogP contribution in [0, 0.1) is 0 Å². The monoisotopic (exact) mass is 393 g/mol. The van der Waals surface area contributed by atoms with E-state index in [2.05, 4.69) is 30.7 Å². The molecule has 0 aliphatic carbocycles. The lowest BCUT2D eigenvalue weighted by Crippen LogP contribution is -2.42. The number of alkyl halides is 3. The molecule has 2 N–H and O–H groups in total. The molecule has 0 saturated carbocycles. The number of ether oxygens (including phenoxy) is 1. The van der Waals surface area contributed by atoms with E-state index in [0.717, 1.165) is 17.8 Å². The van der Waals surface area contributed by atoms with Gasteiger partial charge >= 0.3 is 6.18 Å². The van der Waals surface area contributed by atoms with E-state index in [4.69, 9.17) is 4.74 Å².